The van der Waals surface area contributed by atoms with Crippen LogP contribution in [0.5, 0.6) is 0 Å². The van der Waals surface area contributed by atoms with Gasteiger partial charge in [-0.1, -0.05) is 13.8 Å². The van der Waals surface area contributed by atoms with E-state index in [0.717, 1.165) is 24.2 Å². The van der Waals surface area contributed by atoms with Crippen molar-refractivity contribution >= 4 is 5.78 Å². The molecular formula is C17H17F2NO. The molecule has 2 nitrogen and oxygen atoms in total. The molecule has 21 heavy (non-hydrogen) atoms. The van der Waals surface area contributed by atoms with Gasteiger partial charge in [0.05, 0.1) is 6.54 Å². The van der Waals surface area contributed by atoms with Gasteiger partial charge in [-0.15, -0.1) is 0 Å². The average molecular weight is 289 g/mol. The van der Waals surface area contributed by atoms with Gasteiger partial charge in [-0.2, -0.15) is 0 Å². The highest BCUT2D eigenvalue weighted by Crippen LogP contribution is 2.35. The van der Waals surface area contributed by atoms with Gasteiger partial charge in [-0.3, -0.25) is 4.79 Å². The van der Waals surface area contributed by atoms with Gasteiger partial charge in [-0.25, -0.2) is 8.78 Å². The summed E-state index contributed by atoms with van der Waals surface area (Å²) in [6.45, 7) is 4.34. The minimum absolute atomic E-state index is 0.0966. The lowest BCUT2D eigenvalue weighted by Gasteiger charge is -2.29. The maximum absolute atomic E-state index is 13.8. The van der Waals surface area contributed by atoms with Gasteiger partial charge in [-0.05, 0) is 36.1 Å². The number of Topliss-reactive ketones (excluding diaryl/α,β-unsaturated/α-hetero) is 1. The van der Waals surface area contributed by atoms with Crippen LogP contribution in [0.3, 0.4) is 0 Å². The topological polar surface area (TPSA) is 22.0 Å². The number of benzene rings is 1. The Labute approximate surface area is 122 Å². The van der Waals surface area contributed by atoms with E-state index < -0.39 is 11.6 Å². The molecule has 0 amide bonds. The molecule has 0 saturated heterocycles. The van der Waals surface area contributed by atoms with Crippen LogP contribution in [-0.2, 0) is 13.0 Å². The van der Waals surface area contributed by atoms with Crippen molar-refractivity contribution < 1.29 is 13.6 Å². The Morgan fingerprint density at radius 1 is 1.19 bits per heavy atom. The van der Waals surface area contributed by atoms with E-state index in [4.69, 9.17) is 0 Å². The fourth-order valence-corrected chi connectivity index (χ4v) is 3.00. The van der Waals surface area contributed by atoms with Crippen LogP contribution in [0.2, 0.25) is 0 Å². The monoisotopic (exact) mass is 289 g/mol. The maximum Gasteiger partial charge on any atom is 0.165 e. The summed E-state index contributed by atoms with van der Waals surface area (Å²) < 4.78 is 28.9. The number of carbonyl (C=O) groups excluding carboxylic acids is 1. The zero-order valence-corrected chi connectivity index (χ0v) is 12.1. The molecule has 0 spiro atoms. The molecule has 4 heteroatoms. The minimum Gasteiger partial charge on any atom is -0.346 e. The van der Waals surface area contributed by atoms with Crippen LogP contribution in [0.15, 0.2) is 30.5 Å². The first kappa shape index (κ1) is 14.0. The van der Waals surface area contributed by atoms with Crippen molar-refractivity contribution in [3.63, 3.8) is 0 Å². The molecule has 1 aliphatic carbocycles. The third kappa shape index (κ3) is 2.62. The highest BCUT2D eigenvalue weighted by atomic mass is 19.1. The second-order valence-electron chi connectivity index (χ2n) is 6.48. The molecule has 0 aliphatic heterocycles. The summed E-state index contributed by atoms with van der Waals surface area (Å²) in [5, 5.41) is 0. The molecule has 1 aromatic heterocycles. The van der Waals surface area contributed by atoms with Gasteiger partial charge in [0.2, 0.25) is 0 Å². The maximum atomic E-state index is 13.8. The molecule has 110 valence electrons. The molecule has 3 rings (SSSR count). The minimum atomic E-state index is -0.455. The lowest BCUT2D eigenvalue weighted by atomic mass is 9.76. The number of hydrogen-bond donors (Lipinski definition) is 0. The van der Waals surface area contributed by atoms with Gasteiger partial charge < -0.3 is 4.57 Å². The third-order valence-corrected chi connectivity index (χ3v) is 4.01. The third-order valence-electron chi connectivity index (χ3n) is 4.01. The van der Waals surface area contributed by atoms with Gasteiger partial charge >= 0.3 is 0 Å². The number of fused-ring (bicyclic) bond motifs is 1. The fourth-order valence-electron chi connectivity index (χ4n) is 3.00. The van der Waals surface area contributed by atoms with E-state index >= 15 is 0 Å². The first-order valence-corrected chi connectivity index (χ1v) is 7.01. The summed E-state index contributed by atoms with van der Waals surface area (Å²) in [4.78, 5) is 12.1. The smallest absolute Gasteiger partial charge is 0.165 e. The van der Waals surface area contributed by atoms with Crippen LogP contribution in [-0.4, -0.2) is 10.4 Å². The quantitative estimate of drug-likeness (QED) is 0.820. The lowest BCUT2D eigenvalue weighted by molar-refractivity contribution is 0.0910. The summed E-state index contributed by atoms with van der Waals surface area (Å²) in [5.41, 5.74) is 1.83. The highest BCUT2D eigenvalue weighted by molar-refractivity contribution is 5.98. The second kappa shape index (κ2) is 4.79. The van der Waals surface area contributed by atoms with Gasteiger partial charge in [0.1, 0.15) is 11.6 Å². The SMILES string of the molecule is CC1(C)CC(=O)c2ccn(Cc3cc(F)ccc3F)c2C1. The van der Waals surface area contributed by atoms with Crippen molar-refractivity contribution in [3.05, 3.63) is 58.9 Å². The van der Waals surface area contributed by atoms with E-state index in [-0.39, 0.29) is 17.7 Å². The highest BCUT2D eigenvalue weighted by Gasteiger charge is 2.32. The zero-order valence-electron chi connectivity index (χ0n) is 12.1. The van der Waals surface area contributed by atoms with Crippen molar-refractivity contribution in [2.75, 3.05) is 0 Å². The van der Waals surface area contributed by atoms with Gasteiger partial charge in [0.25, 0.3) is 0 Å². The number of aromatic nitrogens is 1. The molecule has 1 heterocycles. The predicted molar refractivity (Wildman–Crippen MR) is 76.3 cm³/mol. The Bertz CT molecular complexity index is 716. The first-order chi connectivity index (χ1) is 9.85. The molecule has 0 atom stereocenters. The van der Waals surface area contributed by atoms with E-state index in [1.165, 1.54) is 6.07 Å². The molecular weight excluding hydrogens is 272 g/mol. The van der Waals surface area contributed by atoms with Crippen LogP contribution >= 0.6 is 0 Å². The molecule has 0 N–H and O–H groups in total. The Hall–Kier alpha value is -1.97. The van der Waals surface area contributed by atoms with Crippen molar-refractivity contribution in [2.24, 2.45) is 5.41 Å². The molecule has 0 radical (unpaired) electrons. The summed E-state index contributed by atoms with van der Waals surface area (Å²) >= 11 is 0. The number of halogens is 2. The number of nitrogens with zero attached hydrogens (tertiary/aromatic N) is 1. The van der Waals surface area contributed by atoms with E-state index in [0.29, 0.717) is 17.5 Å². The van der Waals surface area contributed by atoms with Crippen LogP contribution < -0.4 is 0 Å². The van der Waals surface area contributed by atoms with Crippen molar-refractivity contribution in [3.8, 4) is 0 Å². The molecule has 1 aromatic carbocycles. The Kier molecular flexibility index (Phi) is 3.19. The molecule has 0 saturated carbocycles. The lowest BCUT2D eigenvalue weighted by Crippen LogP contribution is -2.28. The number of carbonyl (C=O) groups is 1. The van der Waals surface area contributed by atoms with E-state index in [2.05, 4.69) is 0 Å². The molecule has 2 aromatic rings. The Morgan fingerprint density at radius 3 is 2.71 bits per heavy atom. The predicted octanol–water partition coefficient (Wildman–Crippen LogP) is 3.97. The standard InChI is InChI=1S/C17H17F2NO/c1-17(2)8-15-13(16(21)9-17)5-6-20(15)10-11-7-12(18)3-4-14(11)19/h3-7H,8-10H2,1-2H3. The number of hydrogen-bond acceptors (Lipinski definition) is 1. The van der Waals surface area contributed by atoms with Crippen LogP contribution in [0.1, 0.15) is 41.9 Å². The van der Waals surface area contributed by atoms with Crippen molar-refractivity contribution in [2.45, 2.75) is 33.2 Å². The van der Waals surface area contributed by atoms with E-state index in [1.807, 2.05) is 18.4 Å². The zero-order chi connectivity index (χ0) is 15.2. The molecule has 1 aliphatic rings. The largest absolute Gasteiger partial charge is 0.346 e. The summed E-state index contributed by atoms with van der Waals surface area (Å²) in [5.74, 6) is -0.760. The van der Waals surface area contributed by atoms with Crippen LogP contribution in [0, 0.1) is 17.0 Å². The first-order valence-electron chi connectivity index (χ1n) is 7.01. The van der Waals surface area contributed by atoms with Crippen LogP contribution in [0.4, 0.5) is 8.78 Å². The number of rotatable bonds is 2. The average Bonchev–Trinajstić information content (AvgIpc) is 2.76. The van der Waals surface area contributed by atoms with E-state index in [1.54, 1.807) is 12.3 Å². The molecule has 0 fully saturated rings. The van der Waals surface area contributed by atoms with Gasteiger partial charge in [0.15, 0.2) is 5.78 Å². The van der Waals surface area contributed by atoms with Gasteiger partial charge in [0, 0.05) is 29.4 Å². The summed E-state index contributed by atoms with van der Waals surface area (Å²) in [6, 6.07) is 5.23. The fraction of sp³-hybridized carbons (Fsp3) is 0.353. The molecule has 0 unspecified atom stereocenters. The Morgan fingerprint density at radius 2 is 1.95 bits per heavy atom. The van der Waals surface area contributed by atoms with Crippen molar-refractivity contribution in [1.29, 1.82) is 0 Å². The second-order valence-corrected chi connectivity index (χ2v) is 6.48. The van der Waals surface area contributed by atoms with E-state index in [9.17, 15) is 13.6 Å². The Balaban J connectivity index is 1.98. The molecule has 0 bridgehead atoms. The van der Waals surface area contributed by atoms with Crippen LogP contribution in [0.25, 0.3) is 0 Å². The summed E-state index contributed by atoms with van der Waals surface area (Å²) in [6.07, 6.45) is 3.07. The van der Waals surface area contributed by atoms with Crippen molar-refractivity contribution in [1.82, 2.24) is 4.57 Å². The normalized spacial score (nSPS) is 16.9. The summed E-state index contributed by atoms with van der Waals surface area (Å²) in [7, 11) is 0. The number of ketones is 1.